The fraction of sp³-hybridized carbons (Fsp3) is 0.350. The van der Waals surface area contributed by atoms with Gasteiger partial charge in [0.1, 0.15) is 5.82 Å². The molecule has 4 rings (SSSR count). The molecule has 0 radical (unpaired) electrons. The van der Waals surface area contributed by atoms with Crippen LogP contribution in [0.15, 0.2) is 42.6 Å². The zero-order valence-corrected chi connectivity index (χ0v) is 14.7. The van der Waals surface area contributed by atoms with Crippen LogP contribution in [-0.2, 0) is 6.42 Å². The Morgan fingerprint density at radius 1 is 1.08 bits per heavy atom. The molecule has 0 saturated carbocycles. The van der Waals surface area contributed by atoms with Gasteiger partial charge in [-0.25, -0.2) is 0 Å². The summed E-state index contributed by atoms with van der Waals surface area (Å²) in [4.78, 5) is 17.6. The van der Waals surface area contributed by atoms with Crippen molar-refractivity contribution in [3.05, 3.63) is 53.9 Å². The zero-order valence-electron chi connectivity index (χ0n) is 14.7. The molecular formula is C20H23N5O. The van der Waals surface area contributed by atoms with Gasteiger partial charge in [-0.1, -0.05) is 18.2 Å². The number of nitrogens with one attached hydrogen (secondary N) is 2. The van der Waals surface area contributed by atoms with Gasteiger partial charge in [0.2, 0.25) is 0 Å². The van der Waals surface area contributed by atoms with Crippen LogP contribution in [0.3, 0.4) is 0 Å². The molecule has 2 aromatic heterocycles. The highest BCUT2D eigenvalue weighted by molar-refractivity contribution is 5.92. The van der Waals surface area contributed by atoms with E-state index in [1.54, 1.807) is 6.07 Å². The first-order chi connectivity index (χ1) is 12.8. The number of amides is 1. The number of para-hydroxylation sites is 1. The quantitative estimate of drug-likeness (QED) is 0.742. The Morgan fingerprint density at radius 2 is 1.92 bits per heavy atom. The molecule has 1 aliphatic heterocycles. The van der Waals surface area contributed by atoms with Crippen LogP contribution in [0, 0.1) is 0 Å². The molecule has 6 heteroatoms. The van der Waals surface area contributed by atoms with E-state index in [0.717, 1.165) is 44.4 Å². The van der Waals surface area contributed by atoms with Crippen LogP contribution in [0.25, 0.3) is 10.9 Å². The van der Waals surface area contributed by atoms with Gasteiger partial charge in [0, 0.05) is 36.7 Å². The molecule has 2 N–H and O–H groups in total. The first-order valence-corrected chi connectivity index (χ1v) is 9.23. The number of hydrogen-bond acceptors (Lipinski definition) is 4. The molecule has 1 aliphatic rings. The predicted octanol–water partition coefficient (Wildman–Crippen LogP) is 3.24. The van der Waals surface area contributed by atoms with Gasteiger partial charge in [-0.05, 0) is 49.4 Å². The van der Waals surface area contributed by atoms with Gasteiger partial charge >= 0.3 is 0 Å². The maximum Gasteiger partial charge on any atom is 0.274 e. The van der Waals surface area contributed by atoms with Crippen molar-refractivity contribution < 1.29 is 4.79 Å². The highest BCUT2D eigenvalue weighted by Crippen LogP contribution is 2.18. The second-order valence-corrected chi connectivity index (χ2v) is 6.69. The smallest absolute Gasteiger partial charge is 0.274 e. The van der Waals surface area contributed by atoms with Crippen LogP contribution in [0.5, 0.6) is 0 Å². The van der Waals surface area contributed by atoms with E-state index in [4.69, 9.17) is 0 Å². The SMILES string of the molecule is O=C(c1ccc(NCCc2c[nH]c3ccccc23)nn1)N1CCCCC1. The van der Waals surface area contributed by atoms with Crippen molar-refractivity contribution in [2.24, 2.45) is 0 Å². The maximum atomic E-state index is 12.4. The van der Waals surface area contributed by atoms with Gasteiger partial charge in [-0.2, -0.15) is 0 Å². The molecule has 0 unspecified atom stereocenters. The number of hydrogen-bond donors (Lipinski definition) is 2. The number of piperidine rings is 1. The summed E-state index contributed by atoms with van der Waals surface area (Å²) in [6.45, 7) is 2.41. The average molecular weight is 349 g/mol. The number of carbonyl (C=O) groups excluding carboxylic acids is 1. The normalized spacial score (nSPS) is 14.5. The van der Waals surface area contributed by atoms with Gasteiger partial charge in [-0.15, -0.1) is 10.2 Å². The molecular weight excluding hydrogens is 326 g/mol. The predicted molar refractivity (Wildman–Crippen MR) is 102 cm³/mol. The van der Waals surface area contributed by atoms with Crippen molar-refractivity contribution in [3.63, 3.8) is 0 Å². The van der Waals surface area contributed by atoms with E-state index in [9.17, 15) is 4.79 Å². The molecule has 3 aromatic rings. The molecule has 0 bridgehead atoms. The molecule has 1 fully saturated rings. The number of fused-ring (bicyclic) bond motifs is 1. The van der Waals surface area contributed by atoms with Crippen molar-refractivity contribution in [1.29, 1.82) is 0 Å². The standard InChI is InChI=1S/C20H23N5O/c26-20(25-12-4-1-5-13-25)18-8-9-19(24-23-18)21-11-10-15-14-22-17-7-3-2-6-16(15)17/h2-3,6-9,14,22H,1,4-5,10-13H2,(H,21,24). The molecule has 1 aromatic carbocycles. The summed E-state index contributed by atoms with van der Waals surface area (Å²) < 4.78 is 0. The van der Waals surface area contributed by atoms with Crippen LogP contribution >= 0.6 is 0 Å². The lowest BCUT2D eigenvalue weighted by molar-refractivity contribution is 0.0717. The van der Waals surface area contributed by atoms with E-state index in [0.29, 0.717) is 11.5 Å². The number of likely N-dealkylation sites (tertiary alicyclic amines) is 1. The third-order valence-electron chi connectivity index (χ3n) is 4.90. The Balaban J connectivity index is 1.33. The second kappa shape index (κ2) is 7.56. The Hall–Kier alpha value is -2.89. The highest BCUT2D eigenvalue weighted by atomic mass is 16.2. The van der Waals surface area contributed by atoms with Crippen LogP contribution < -0.4 is 5.32 Å². The molecule has 0 aliphatic carbocycles. The van der Waals surface area contributed by atoms with E-state index < -0.39 is 0 Å². The maximum absolute atomic E-state index is 12.4. The molecule has 1 amide bonds. The van der Waals surface area contributed by atoms with Gasteiger partial charge in [-0.3, -0.25) is 4.79 Å². The van der Waals surface area contributed by atoms with E-state index >= 15 is 0 Å². The lowest BCUT2D eigenvalue weighted by Crippen LogP contribution is -2.36. The molecule has 3 heterocycles. The van der Waals surface area contributed by atoms with Crippen LogP contribution in [-0.4, -0.2) is 45.6 Å². The molecule has 26 heavy (non-hydrogen) atoms. The topological polar surface area (TPSA) is 73.9 Å². The lowest BCUT2D eigenvalue weighted by Gasteiger charge is -2.26. The van der Waals surface area contributed by atoms with Crippen molar-refractivity contribution in [1.82, 2.24) is 20.1 Å². The van der Waals surface area contributed by atoms with E-state index in [2.05, 4.69) is 44.9 Å². The highest BCUT2D eigenvalue weighted by Gasteiger charge is 2.19. The molecule has 0 spiro atoms. The Morgan fingerprint density at radius 3 is 2.73 bits per heavy atom. The van der Waals surface area contributed by atoms with Gasteiger partial charge < -0.3 is 15.2 Å². The summed E-state index contributed by atoms with van der Waals surface area (Å²) in [5.41, 5.74) is 2.86. The largest absolute Gasteiger partial charge is 0.368 e. The van der Waals surface area contributed by atoms with E-state index in [1.807, 2.05) is 17.0 Å². The summed E-state index contributed by atoms with van der Waals surface area (Å²) in [5, 5.41) is 12.8. The van der Waals surface area contributed by atoms with Crippen LogP contribution in [0.2, 0.25) is 0 Å². The Labute approximate surface area is 152 Å². The Kier molecular flexibility index (Phi) is 4.82. The van der Waals surface area contributed by atoms with Crippen LogP contribution in [0.1, 0.15) is 35.3 Å². The lowest BCUT2D eigenvalue weighted by atomic mass is 10.1. The fourth-order valence-electron chi connectivity index (χ4n) is 3.46. The number of H-pyrrole nitrogens is 1. The first-order valence-electron chi connectivity index (χ1n) is 9.23. The monoisotopic (exact) mass is 349 g/mol. The van der Waals surface area contributed by atoms with E-state index in [1.165, 1.54) is 17.4 Å². The fourth-order valence-corrected chi connectivity index (χ4v) is 3.46. The first kappa shape index (κ1) is 16.6. The van der Waals surface area contributed by atoms with Gasteiger partial charge in [0.25, 0.3) is 5.91 Å². The average Bonchev–Trinajstić information content (AvgIpc) is 3.12. The number of carbonyl (C=O) groups is 1. The van der Waals surface area contributed by atoms with E-state index in [-0.39, 0.29) is 5.91 Å². The summed E-state index contributed by atoms with van der Waals surface area (Å²) in [6.07, 6.45) is 6.30. The van der Waals surface area contributed by atoms with Crippen molar-refractivity contribution >= 4 is 22.6 Å². The summed E-state index contributed by atoms with van der Waals surface area (Å²) in [6, 6.07) is 11.9. The minimum Gasteiger partial charge on any atom is -0.368 e. The minimum absolute atomic E-state index is 0.0115. The second-order valence-electron chi connectivity index (χ2n) is 6.69. The Bertz CT molecular complexity index is 881. The van der Waals surface area contributed by atoms with Crippen molar-refractivity contribution in [3.8, 4) is 0 Å². The number of rotatable bonds is 5. The number of anilines is 1. The summed E-state index contributed by atoms with van der Waals surface area (Å²) >= 11 is 0. The van der Waals surface area contributed by atoms with Crippen molar-refractivity contribution in [2.75, 3.05) is 25.0 Å². The molecule has 0 atom stereocenters. The molecule has 1 saturated heterocycles. The minimum atomic E-state index is -0.0115. The number of nitrogens with zero attached hydrogens (tertiary/aromatic N) is 3. The zero-order chi connectivity index (χ0) is 17.8. The van der Waals surface area contributed by atoms with Gasteiger partial charge in [0.15, 0.2) is 5.69 Å². The third kappa shape index (κ3) is 3.54. The number of aromatic nitrogens is 3. The summed E-state index contributed by atoms with van der Waals surface area (Å²) in [7, 11) is 0. The summed E-state index contributed by atoms with van der Waals surface area (Å²) in [5.74, 6) is 0.683. The van der Waals surface area contributed by atoms with Crippen LogP contribution in [0.4, 0.5) is 5.82 Å². The third-order valence-corrected chi connectivity index (χ3v) is 4.90. The molecule has 6 nitrogen and oxygen atoms in total. The molecule has 134 valence electrons. The van der Waals surface area contributed by atoms with Crippen molar-refractivity contribution in [2.45, 2.75) is 25.7 Å². The van der Waals surface area contributed by atoms with Gasteiger partial charge in [0.05, 0.1) is 0 Å². The number of benzene rings is 1. The number of aromatic amines is 1.